The maximum atomic E-state index is 13.7. The fourth-order valence-corrected chi connectivity index (χ4v) is 2.85. The van der Waals surface area contributed by atoms with Crippen LogP contribution in [0.3, 0.4) is 0 Å². The summed E-state index contributed by atoms with van der Waals surface area (Å²) in [6.45, 7) is 3.83. The summed E-state index contributed by atoms with van der Waals surface area (Å²) < 4.78 is 14.3. The van der Waals surface area contributed by atoms with Crippen LogP contribution in [0.5, 0.6) is 0 Å². The lowest BCUT2D eigenvalue weighted by Crippen LogP contribution is -2.50. The van der Waals surface area contributed by atoms with Gasteiger partial charge < -0.3 is 10.6 Å². The highest BCUT2D eigenvalue weighted by molar-refractivity contribution is 14.1. The molecule has 0 bridgehead atoms. The molecule has 6 heteroatoms. The van der Waals surface area contributed by atoms with Crippen LogP contribution in [0.15, 0.2) is 18.2 Å². The summed E-state index contributed by atoms with van der Waals surface area (Å²) in [7, 11) is 0. The van der Waals surface area contributed by atoms with E-state index >= 15 is 0 Å². The highest BCUT2D eigenvalue weighted by atomic mass is 127. The molecule has 1 aromatic rings. The lowest BCUT2D eigenvalue weighted by molar-refractivity contribution is 0.0910. The van der Waals surface area contributed by atoms with Gasteiger partial charge in [-0.3, -0.25) is 4.79 Å². The Hall–Kier alpha value is -0.400. The predicted octanol–water partition coefficient (Wildman–Crippen LogP) is 2.58. The summed E-state index contributed by atoms with van der Waals surface area (Å²) in [5.74, 6) is -0.367. The van der Waals surface area contributed by atoms with E-state index in [0.717, 1.165) is 19.5 Å². The maximum absolute atomic E-state index is 13.7. The smallest absolute Gasteiger partial charge is 0.255 e. The third-order valence-corrected chi connectivity index (χ3v) is 4.23. The van der Waals surface area contributed by atoms with E-state index in [1.54, 1.807) is 12.1 Å². The minimum absolute atomic E-state index is 0. The zero-order valence-electron chi connectivity index (χ0n) is 10.6. The topological polar surface area (TPSA) is 41.1 Å². The molecule has 0 aromatic heterocycles. The highest BCUT2D eigenvalue weighted by Crippen LogP contribution is 2.17. The normalized spacial score (nSPS) is 22.5. The fourth-order valence-electron chi connectivity index (χ4n) is 2.14. The molecule has 1 amide bonds. The molecule has 1 heterocycles. The van der Waals surface area contributed by atoms with Crippen LogP contribution >= 0.6 is 35.0 Å². The molecular formula is C13H17ClFIN2O. The Labute approximate surface area is 132 Å². The summed E-state index contributed by atoms with van der Waals surface area (Å²) in [6.07, 6.45) is 1.03. The number of rotatable bonds is 2. The molecule has 0 spiro atoms. The van der Waals surface area contributed by atoms with Gasteiger partial charge in [0.2, 0.25) is 0 Å². The monoisotopic (exact) mass is 398 g/mol. The van der Waals surface area contributed by atoms with Crippen LogP contribution in [0.25, 0.3) is 0 Å². The quantitative estimate of drug-likeness (QED) is 0.752. The Morgan fingerprint density at radius 3 is 2.89 bits per heavy atom. The number of piperidine rings is 1. The van der Waals surface area contributed by atoms with E-state index in [2.05, 4.69) is 17.6 Å². The number of halogens is 3. The fraction of sp³-hybridized carbons (Fsp3) is 0.462. The van der Waals surface area contributed by atoms with E-state index in [-0.39, 0.29) is 29.9 Å². The van der Waals surface area contributed by atoms with Gasteiger partial charge in [0.1, 0.15) is 5.82 Å². The Balaban J connectivity index is 0.00000180. The second kappa shape index (κ2) is 7.40. The molecule has 106 valence electrons. The lowest BCUT2D eigenvalue weighted by Gasteiger charge is -2.30. The highest BCUT2D eigenvalue weighted by Gasteiger charge is 2.25. The lowest BCUT2D eigenvalue weighted by atomic mass is 9.94. The molecule has 2 rings (SSSR count). The van der Waals surface area contributed by atoms with Crippen LogP contribution in [-0.4, -0.2) is 25.0 Å². The third-order valence-electron chi connectivity index (χ3n) is 3.33. The molecule has 0 aliphatic carbocycles. The molecule has 2 N–H and O–H groups in total. The van der Waals surface area contributed by atoms with Crippen molar-refractivity contribution in [3.63, 3.8) is 0 Å². The molecule has 1 fully saturated rings. The number of nitrogens with one attached hydrogen (secondary N) is 2. The Morgan fingerprint density at radius 1 is 1.53 bits per heavy atom. The Morgan fingerprint density at radius 2 is 2.26 bits per heavy atom. The van der Waals surface area contributed by atoms with Crippen molar-refractivity contribution in [2.45, 2.75) is 19.4 Å². The number of hydrogen-bond donors (Lipinski definition) is 2. The van der Waals surface area contributed by atoms with Crippen LogP contribution in [-0.2, 0) is 0 Å². The summed E-state index contributed by atoms with van der Waals surface area (Å²) >= 11 is 1.98. The first-order valence-electron chi connectivity index (χ1n) is 6.05. The molecule has 0 saturated carbocycles. The first kappa shape index (κ1) is 16.7. The van der Waals surface area contributed by atoms with Crippen molar-refractivity contribution in [1.29, 1.82) is 0 Å². The minimum Gasteiger partial charge on any atom is -0.348 e. The van der Waals surface area contributed by atoms with E-state index in [1.165, 1.54) is 6.07 Å². The zero-order chi connectivity index (χ0) is 13.1. The molecule has 1 aliphatic heterocycles. The Kier molecular flexibility index (Phi) is 6.49. The van der Waals surface area contributed by atoms with Crippen LogP contribution < -0.4 is 10.6 Å². The number of hydrogen-bond acceptors (Lipinski definition) is 2. The van der Waals surface area contributed by atoms with Crippen LogP contribution in [0.4, 0.5) is 4.39 Å². The molecule has 1 aromatic carbocycles. The van der Waals surface area contributed by atoms with Crippen molar-refractivity contribution >= 4 is 40.9 Å². The second-order valence-corrected chi connectivity index (χ2v) is 5.81. The second-order valence-electron chi connectivity index (χ2n) is 4.65. The van der Waals surface area contributed by atoms with Gasteiger partial charge in [-0.2, -0.15) is 0 Å². The molecular weight excluding hydrogens is 382 g/mol. The van der Waals surface area contributed by atoms with Crippen molar-refractivity contribution in [2.75, 3.05) is 13.1 Å². The molecule has 2 atom stereocenters. The SMILES string of the molecule is CC1CCNCC1NC(=O)c1c(F)cccc1I.Cl. The van der Waals surface area contributed by atoms with E-state index < -0.39 is 5.82 Å². The number of carbonyl (C=O) groups excluding carboxylic acids is 1. The van der Waals surface area contributed by atoms with Gasteiger partial charge in [-0.05, 0) is 53.6 Å². The first-order chi connectivity index (χ1) is 8.59. The maximum Gasteiger partial charge on any atom is 0.255 e. The third kappa shape index (κ3) is 4.03. The minimum atomic E-state index is -0.462. The molecule has 19 heavy (non-hydrogen) atoms. The summed E-state index contributed by atoms with van der Waals surface area (Å²) in [6, 6.07) is 4.74. The summed E-state index contributed by atoms with van der Waals surface area (Å²) in [4.78, 5) is 12.1. The van der Waals surface area contributed by atoms with Crippen LogP contribution in [0.2, 0.25) is 0 Å². The molecule has 1 aliphatic rings. The van der Waals surface area contributed by atoms with Gasteiger partial charge in [0.05, 0.1) is 5.56 Å². The van der Waals surface area contributed by atoms with E-state index in [9.17, 15) is 9.18 Å². The number of carbonyl (C=O) groups is 1. The average Bonchev–Trinajstić information content (AvgIpc) is 2.32. The zero-order valence-corrected chi connectivity index (χ0v) is 13.6. The van der Waals surface area contributed by atoms with E-state index in [4.69, 9.17) is 0 Å². The van der Waals surface area contributed by atoms with Crippen molar-refractivity contribution < 1.29 is 9.18 Å². The van der Waals surface area contributed by atoms with Crippen molar-refractivity contribution in [2.24, 2.45) is 5.92 Å². The van der Waals surface area contributed by atoms with Gasteiger partial charge in [-0.15, -0.1) is 12.4 Å². The van der Waals surface area contributed by atoms with Gasteiger partial charge in [0.15, 0.2) is 0 Å². The first-order valence-corrected chi connectivity index (χ1v) is 7.13. The number of amides is 1. The standard InChI is InChI=1S/C13H16FIN2O.ClH/c1-8-5-6-16-7-11(8)17-13(18)12-9(14)3-2-4-10(12)15;/h2-4,8,11,16H,5-7H2,1H3,(H,17,18);1H. The average molecular weight is 399 g/mol. The molecule has 1 saturated heterocycles. The van der Waals surface area contributed by atoms with Gasteiger partial charge in [0.25, 0.3) is 5.91 Å². The molecule has 3 nitrogen and oxygen atoms in total. The van der Waals surface area contributed by atoms with Crippen molar-refractivity contribution in [1.82, 2.24) is 10.6 Å². The van der Waals surface area contributed by atoms with E-state index in [0.29, 0.717) is 9.49 Å². The van der Waals surface area contributed by atoms with Crippen LogP contribution in [0.1, 0.15) is 23.7 Å². The van der Waals surface area contributed by atoms with Gasteiger partial charge in [0, 0.05) is 16.2 Å². The largest absolute Gasteiger partial charge is 0.348 e. The van der Waals surface area contributed by atoms with Crippen LogP contribution in [0, 0.1) is 15.3 Å². The van der Waals surface area contributed by atoms with Gasteiger partial charge >= 0.3 is 0 Å². The summed E-state index contributed by atoms with van der Waals surface area (Å²) in [5.41, 5.74) is 0.149. The predicted molar refractivity (Wildman–Crippen MR) is 84.3 cm³/mol. The van der Waals surface area contributed by atoms with Crippen molar-refractivity contribution in [3.05, 3.63) is 33.1 Å². The van der Waals surface area contributed by atoms with E-state index in [1.807, 2.05) is 22.6 Å². The van der Waals surface area contributed by atoms with Gasteiger partial charge in [-0.1, -0.05) is 13.0 Å². The molecule has 0 radical (unpaired) electrons. The Bertz CT molecular complexity index is 438. The van der Waals surface area contributed by atoms with Gasteiger partial charge in [-0.25, -0.2) is 4.39 Å². The molecule has 2 unspecified atom stereocenters. The number of benzene rings is 1. The summed E-state index contributed by atoms with van der Waals surface area (Å²) in [5, 5.41) is 6.16. The van der Waals surface area contributed by atoms with Crippen molar-refractivity contribution in [3.8, 4) is 0 Å².